The van der Waals surface area contributed by atoms with Gasteiger partial charge in [-0.3, -0.25) is 4.98 Å². The Morgan fingerprint density at radius 1 is 1.32 bits per heavy atom. The Balaban J connectivity index is 2.59. The summed E-state index contributed by atoms with van der Waals surface area (Å²) in [7, 11) is 0. The largest absolute Gasteiger partial charge is 0.490 e. The lowest BCUT2D eigenvalue weighted by atomic mass is 10.1. The van der Waals surface area contributed by atoms with Crippen LogP contribution in [-0.2, 0) is 4.74 Å². The van der Waals surface area contributed by atoms with E-state index >= 15 is 0 Å². The predicted octanol–water partition coefficient (Wildman–Crippen LogP) is 2.53. The minimum absolute atomic E-state index is 0.312. The third-order valence-electron chi connectivity index (χ3n) is 2.67. The fourth-order valence-electron chi connectivity index (χ4n) is 1.77. The molecule has 0 atom stereocenters. The molecule has 0 spiro atoms. The highest BCUT2D eigenvalue weighted by molar-refractivity contribution is 7.80. The Kier molecular flexibility index (Phi) is 6.73. The Morgan fingerprint density at radius 3 is 2.68 bits per heavy atom. The number of aromatic nitrogens is 1. The second-order valence-electron chi connectivity index (χ2n) is 4.40. The molecule has 19 heavy (non-hydrogen) atoms. The minimum atomic E-state index is 0.312. The average Bonchev–Trinajstić information content (AvgIpc) is 2.32. The van der Waals surface area contributed by atoms with Crippen molar-refractivity contribution in [3.63, 3.8) is 0 Å². The number of unbranched alkanes of at least 4 members (excludes halogenated alkanes) is 1. The lowest BCUT2D eigenvalue weighted by Gasteiger charge is -2.13. The van der Waals surface area contributed by atoms with Crippen LogP contribution in [0.25, 0.3) is 0 Å². The van der Waals surface area contributed by atoms with Crippen molar-refractivity contribution in [1.29, 1.82) is 0 Å². The highest BCUT2D eigenvalue weighted by Crippen LogP contribution is 2.22. The van der Waals surface area contributed by atoms with Crippen LogP contribution in [-0.4, -0.2) is 29.8 Å². The smallest absolute Gasteiger partial charge is 0.133 e. The summed E-state index contributed by atoms with van der Waals surface area (Å²) in [5, 5.41) is 0. The van der Waals surface area contributed by atoms with E-state index in [0.29, 0.717) is 29.5 Å². The summed E-state index contributed by atoms with van der Waals surface area (Å²) in [6.07, 6.45) is 2.21. The molecule has 5 heteroatoms. The van der Waals surface area contributed by atoms with Crippen LogP contribution in [0.2, 0.25) is 0 Å². The van der Waals surface area contributed by atoms with Crippen molar-refractivity contribution in [3.05, 3.63) is 23.0 Å². The predicted molar refractivity (Wildman–Crippen MR) is 80.8 cm³/mol. The molecule has 1 heterocycles. The maximum absolute atomic E-state index is 5.72. The van der Waals surface area contributed by atoms with E-state index in [1.165, 1.54) is 0 Å². The first kappa shape index (κ1) is 15.9. The first-order chi connectivity index (χ1) is 9.06. The van der Waals surface area contributed by atoms with Gasteiger partial charge < -0.3 is 15.2 Å². The molecule has 0 bridgehead atoms. The van der Waals surface area contributed by atoms with Gasteiger partial charge in [-0.25, -0.2) is 0 Å². The molecule has 0 unspecified atom stereocenters. The summed E-state index contributed by atoms with van der Waals surface area (Å²) >= 11 is 5.04. The molecule has 0 fully saturated rings. The third-order valence-corrected chi connectivity index (χ3v) is 2.87. The van der Waals surface area contributed by atoms with E-state index in [9.17, 15) is 0 Å². The normalized spacial score (nSPS) is 10.5. The van der Waals surface area contributed by atoms with Crippen LogP contribution in [0.4, 0.5) is 0 Å². The average molecular weight is 282 g/mol. The van der Waals surface area contributed by atoms with Gasteiger partial charge in [-0.2, -0.15) is 0 Å². The molecule has 4 nitrogen and oxygen atoms in total. The van der Waals surface area contributed by atoms with Crippen molar-refractivity contribution in [2.75, 3.05) is 19.8 Å². The van der Waals surface area contributed by atoms with Crippen LogP contribution in [0, 0.1) is 13.8 Å². The fourth-order valence-corrected chi connectivity index (χ4v) is 2.01. The highest BCUT2D eigenvalue weighted by Gasteiger charge is 2.12. The zero-order valence-corrected chi connectivity index (χ0v) is 12.7. The Labute approximate surface area is 120 Å². The lowest BCUT2D eigenvalue weighted by Crippen LogP contribution is -2.16. The van der Waals surface area contributed by atoms with E-state index in [1.807, 2.05) is 19.9 Å². The molecule has 106 valence electrons. The standard InChI is InChI=1S/C14H22N2O2S/c1-4-5-6-17-7-8-18-12-9-10(2)16-11(3)13(12)14(15)19/h9H,4-8H2,1-3H3,(H2,15,19). The van der Waals surface area contributed by atoms with E-state index in [4.69, 9.17) is 27.4 Å². The van der Waals surface area contributed by atoms with Crippen LogP contribution in [0.1, 0.15) is 36.7 Å². The van der Waals surface area contributed by atoms with Crippen molar-refractivity contribution in [1.82, 2.24) is 4.98 Å². The van der Waals surface area contributed by atoms with E-state index < -0.39 is 0 Å². The zero-order chi connectivity index (χ0) is 14.3. The zero-order valence-electron chi connectivity index (χ0n) is 11.9. The lowest BCUT2D eigenvalue weighted by molar-refractivity contribution is 0.0979. The van der Waals surface area contributed by atoms with Gasteiger partial charge in [-0.1, -0.05) is 25.6 Å². The molecule has 1 aromatic heterocycles. The summed E-state index contributed by atoms with van der Waals surface area (Å²) in [6, 6.07) is 1.85. The van der Waals surface area contributed by atoms with Gasteiger partial charge in [0.2, 0.25) is 0 Å². The van der Waals surface area contributed by atoms with Crippen LogP contribution >= 0.6 is 12.2 Å². The van der Waals surface area contributed by atoms with Gasteiger partial charge in [0, 0.05) is 18.4 Å². The third kappa shape index (κ3) is 5.12. The fraction of sp³-hybridized carbons (Fsp3) is 0.571. The van der Waals surface area contributed by atoms with Gasteiger partial charge in [-0.05, 0) is 20.3 Å². The van der Waals surface area contributed by atoms with E-state index in [2.05, 4.69) is 11.9 Å². The summed E-state index contributed by atoms with van der Waals surface area (Å²) in [5.41, 5.74) is 8.12. The maximum atomic E-state index is 5.72. The first-order valence-corrected chi connectivity index (χ1v) is 6.95. The van der Waals surface area contributed by atoms with E-state index in [-0.39, 0.29) is 0 Å². The molecule has 0 saturated carbocycles. The number of hydrogen-bond donors (Lipinski definition) is 1. The highest BCUT2D eigenvalue weighted by atomic mass is 32.1. The molecule has 0 amide bonds. The van der Waals surface area contributed by atoms with Gasteiger partial charge in [0.05, 0.1) is 17.9 Å². The topological polar surface area (TPSA) is 57.4 Å². The molecule has 0 radical (unpaired) electrons. The summed E-state index contributed by atoms with van der Waals surface area (Å²) < 4.78 is 11.2. The van der Waals surface area contributed by atoms with Crippen molar-refractivity contribution < 1.29 is 9.47 Å². The molecule has 0 aliphatic carbocycles. The molecule has 1 rings (SSSR count). The SMILES string of the molecule is CCCCOCCOc1cc(C)nc(C)c1C(N)=S. The Hall–Kier alpha value is -1.20. The van der Waals surface area contributed by atoms with E-state index in [1.54, 1.807) is 0 Å². The number of thiocarbonyl (C=S) groups is 1. The molecular formula is C14H22N2O2S. The number of rotatable bonds is 8. The second-order valence-corrected chi connectivity index (χ2v) is 4.84. The number of nitrogens with zero attached hydrogens (tertiary/aromatic N) is 1. The molecular weight excluding hydrogens is 260 g/mol. The monoisotopic (exact) mass is 282 g/mol. The number of nitrogens with two attached hydrogens (primary N) is 1. The van der Waals surface area contributed by atoms with Crippen LogP contribution in [0.15, 0.2) is 6.07 Å². The summed E-state index contributed by atoms with van der Waals surface area (Å²) in [5.74, 6) is 0.691. The van der Waals surface area contributed by atoms with Crippen molar-refractivity contribution in [2.45, 2.75) is 33.6 Å². The molecule has 0 aliphatic rings. The molecule has 0 aromatic carbocycles. The maximum Gasteiger partial charge on any atom is 0.133 e. The summed E-state index contributed by atoms with van der Waals surface area (Å²) in [6.45, 7) is 7.76. The van der Waals surface area contributed by atoms with Gasteiger partial charge in [0.15, 0.2) is 0 Å². The molecule has 0 aliphatic heterocycles. The molecule has 0 saturated heterocycles. The van der Waals surface area contributed by atoms with Crippen LogP contribution in [0.5, 0.6) is 5.75 Å². The number of ether oxygens (including phenoxy) is 2. The molecule has 2 N–H and O–H groups in total. The number of hydrogen-bond acceptors (Lipinski definition) is 4. The van der Waals surface area contributed by atoms with Gasteiger partial charge in [-0.15, -0.1) is 0 Å². The van der Waals surface area contributed by atoms with Gasteiger partial charge in [0.25, 0.3) is 0 Å². The van der Waals surface area contributed by atoms with Crippen LogP contribution < -0.4 is 10.5 Å². The summed E-state index contributed by atoms with van der Waals surface area (Å²) in [4.78, 5) is 4.66. The Morgan fingerprint density at radius 2 is 2.05 bits per heavy atom. The van der Waals surface area contributed by atoms with Gasteiger partial charge >= 0.3 is 0 Å². The van der Waals surface area contributed by atoms with Crippen LogP contribution in [0.3, 0.4) is 0 Å². The van der Waals surface area contributed by atoms with Gasteiger partial charge in [0.1, 0.15) is 17.3 Å². The minimum Gasteiger partial charge on any atom is -0.490 e. The van der Waals surface area contributed by atoms with Crippen molar-refractivity contribution in [2.24, 2.45) is 5.73 Å². The Bertz CT molecular complexity index is 436. The van der Waals surface area contributed by atoms with E-state index in [0.717, 1.165) is 30.8 Å². The molecule has 1 aromatic rings. The first-order valence-electron chi connectivity index (χ1n) is 6.54. The number of pyridine rings is 1. The number of aryl methyl sites for hydroxylation is 2. The second kappa shape index (κ2) is 8.07. The van der Waals surface area contributed by atoms with Crippen molar-refractivity contribution in [3.8, 4) is 5.75 Å². The quantitative estimate of drug-likeness (QED) is 0.586. The van der Waals surface area contributed by atoms with Crippen molar-refractivity contribution >= 4 is 17.2 Å².